The Morgan fingerprint density at radius 1 is 0.464 bits per heavy atom. The van der Waals surface area contributed by atoms with Crippen molar-refractivity contribution in [1.29, 1.82) is 0 Å². The van der Waals surface area contributed by atoms with Crippen molar-refractivity contribution >= 4 is 84.7 Å². The van der Waals surface area contributed by atoms with Gasteiger partial charge >= 0.3 is 0 Å². The summed E-state index contributed by atoms with van der Waals surface area (Å²) in [5.41, 5.74) is 14.2. The van der Waals surface area contributed by atoms with Gasteiger partial charge in [-0.2, -0.15) is 0 Å². The number of rotatable bonds is 6. The van der Waals surface area contributed by atoms with Crippen molar-refractivity contribution < 1.29 is 13.3 Å². The molecule has 0 N–H and O–H groups in total. The smallest absolute Gasteiger partial charge is 0.227 e. The van der Waals surface area contributed by atoms with Crippen LogP contribution in [0.4, 0.5) is 17.1 Å². The molecule has 11 rings (SSSR count). The molecule has 0 spiro atoms. The summed E-state index contributed by atoms with van der Waals surface area (Å²) in [5, 5.41) is 4.10. The minimum absolute atomic E-state index is 0.591. The number of thiol groups is 1. The predicted octanol–water partition coefficient (Wildman–Crippen LogP) is 14.7. The lowest BCUT2D eigenvalue weighted by Crippen LogP contribution is -2.10. The van der Waals surface area contributed by atoms with E-state index in [4.69, 9.17) is 30.9 Å². The van der Waals surface area contributed by atoms with Crippen molar-refractivity contribution in [3.8, 4) is 33.7 Å². The first-order chi connectivity index (χ1) is 27.6. The van der Waals surface area contributed by atoms with Crippen LogP contribution in [-0.4, -0.2) is 4.98 Å². The number of furan rings is 2. The molecule has 0 aliphatic carbocycles. The number of anilines is 3. The van der Waals surface area contributed by atoms with Crippen molar-refractivity contribution in [2.24, 2.45) is 0 Å². The monoisotopic (exact) mass is 740 g/mol. The van der Waals surface area contributed by atoms with E-state index in [2.05, 4.69) is 121 Å². The number of benzene rings is 8. The van der Waals surface area contributed by atoms with Gasteiger partial charge in [0.15, 0.2) is 5.58 Å². The van der Waals surface area contributed by atoms with E-state index in [1.54, 1.807) is 0 Å². The van der Waals surface area contributed by atoms with Crippen LogP contribution in [-0.2, 0) is 0 Å². The lowest BCUT2D eigenvalue weighted by molar-refractivity contribution is 0.622. The van der Waals surface area contributed by atoms with Gasteiger partial charge in [-0.25, -0.2) is 4.98 Å². The molecule has 0 unspecified atom stereocenters. The molecule has 0 saturated carbocycles. The number of nitrogens with zero attached hydrogens (tertiary/aromatic N) is 2. The van der Waals surface area contributed by atoms with E-state index in [1.165, 1.54) is 11.1 Å². The summed E-state index contributed by atoms with van der Waals surface area (Å²) in [6.07, 6.45) is 0. The minimum Gasteiger partial charge on any atom is -0.456 e. The van der Waals surface area contributed by atoms with Gasteiger partial charge in [-0.15, -0.1) is 12.6 Å². The van der Waals surface area contributed by atoms with E-state index >= 15 is 0 Å². The van der Waals surface area contributed by atoms with Gasteiger partial charge in [-0.1, -0.05) is 97.1 Å². The Labute approximate surface area is 327 Å². The van der Waals surface area contributed by atoms with Crippen molar-refractivity contribution in [2.45, 2.75) is 11.8 Å². The zero-order chi connectivity index (χ0) is 37.3. The van der Waals surface area contributed by atoms with Crippen LogP contribution < -0.4 is 4.90 Å². The highest BCUT2D eigenvalue weighted by molar-refractivity contribution is 7.80. The number of oxazole rings is 1. The Kier molecular flexibility index (Phi) is 7.41. The number of aryl methyl sites for hydroxylation is 1. The van der Waals surface area contributed by atoms with E-state index < -0.39 is 0 Å². The van der Waals surface area contributed by atoms with E-state index in [9.17, 15) is 0 Å². The number of para-hydroxylation sites is 2. The largest absolute Gasteiger partial charge is 0.456 e. The molecule has 8 aromatic carbocycles. The summed E-state index contributed by atoms with van der Waals surface area (Å²) in [5.74, 6) is 0.591. The van der Waals surface area contributed by atoms with Crippen LogP contribution in [0.15, 0.2) is 188 Å². The standard InChI is InChI=1S/C50H32N2O3S/c1-30-10-5-6-13-36(30)40-25-23-35(29-46(40)56)52(34-22-24-39-38-14-7-8-17-43(38)53-45(39)28-34)33-20-18-31(19-21-33)37-15-9-16-41-47-44(54-48(37)41)27-26-42-49(47)55-50(51-42)32-11-3-2-4-12-32/h2-29,56H,1H3. The summed E-state index contributed by atoms with van der Waals surface area (Å²) in [6.45, 7) is 2.13. The molecule has 266 valence electrons. The number of hydrogen-bond acceptors (Lipinski definition) is 6. The maximum atomic E-state index is 6.60. The normalized spacial score (nSPS) is 11.8. The fraction of sp³-hybridized carbons (Fsp3) is 0.0200. The lowest BCUT2D eigenvalue weighted by atomic mass is 9.99. The third kappa shape index (κ3) is 5.22. The summed E-state index contributed by atoms with van der Waals surface area (Å²) < 4.78 is 19.4. The Bertz CT molecular complexity index is 3280. The maximum absolute atomic E-state index is 6.60. The van der Waals surface area contributed by atoms with Gasteiger partial charge in [-0.05, 0) is 95.9 Å². The maximum Gasteiger partial charge on any atom is 0.227 e. The summed E-state index contributed by atoms with van der Waals surface area (Å²) in [6, 6.07) is 58.3. The Morgan fingerprint density at radius 2 is 1.18 bits per heavy atom. The van der Waals surface area contributed by atoms with Crippen LogP contribution in [0, 0.1) is 6.92 Å². The van der Waals surface area contributed by atoms with Crippen molar-refractivity contribution in [3.63, 3.8) is 0 Å². The van der Waals surface area contributed by atoms with Crippen molar-refractivity contribution in [2.75, 3.05) is 4.90 Å². The topological polar surface area (TPSA) is 55.6 Å². The van der Waals surface area contributed by atoms with Gasteiger partial charge in [0.2, 0.25) is 5.89 Å². The van der Waals surface area contributed by atoms with Gasteiger partial charge in [0.25, 0.3) is 0 Å². The van der Waals surface area contributed by atoms with Crippen molar-refractivity contribution in [1.82, 2.24) is 4.98 Å². The average Bonchev–Trinajstić information content (AvgIpc) is 3.95. The van der Waals surface area contributed by atoms with Gasteiger partial charge in [0, 0.05) is 55.3 Å². The van der Waals surface area contributed by atoms with Gasteiger partial charge in [-0.3, -0.25) is 0 Å². The first kappa shape index (κ1) is 32.4. The van der Waals surface area contributed by atoms with Gasteiger partial charge in [0.1, 0.15) is 27.8 Å². The number of aromatic nitrogens is 1. The molecule has 0 bridgehead atoms. The fourth-order valence-corrected chi connectivity index (χ4v) is 8.38. The van der Waals surface area contributed by atoms with E-state index in [0.29, 0.717) is 5.89 Å². The molecule has 0 atom stereocenters. The SMILES string of the molecule is Cc1ccccc1-c1ccc(N(c2ccc(-c3cccc4c3oc3ccc5nc(-c6ccccc6)oc5c34)cc2)c2ccc3c(c2)oc2ccccc23)cc1S. The second-order valence-electron chi connectivity index (χ2n) is 14.1. The third-order valence-corrected chi connectivity index (χ3v) is 11.1. The second-order valence-corrected chi connectivity index (χ2v) is 14.6. The van der Waals surface area contributed by atoms with E-state index in [-0.39, 0.29) is 0 Å². The Morgan fingerprint density at radius 3 is 2.04 bits per heavy atom. The lowest BCUT2D eigenvalue weighted by Gasteiger charge is -2.26. The molecule has 56 heavy (non-hydrogen) atoms. The van der Waals surface area contributed by atoms with Gasteiger partial charge in [0.05, 0.1) is 5.39 Å². The molecule has 0 amide bonds. The quantitative estimate of drug-likeness (QED) is 0.172. The Balaban J connectivity index is 1.03. The molecule has 0 fully saturated rings. The fourth-order valence-electron chi connectivity index (χ4n) is 8.05. The average molecular weight is 741 g/mol. The molecule has 0 saturated heterocycles. The first-order valence-corrected chi connectivity index (χ1v) is 19.0. The number of fused-ring (bicyclic) bond motifs is 8. The third-order valence-electron chi connectivity index (χ3n) is 10.8. The molecule has 11 aromatic rings. The van der Waals surface area contributed by atoms with Crippen LogP contribution in [0.1, 0.15) is 5.56 Å². The highest BCUT2D eigenvalue weighted by Gasteiger charge is 2.21. The summed E-state index contributed by atoms with van der Waals surface area (Å²) in [7, 11) is 0. The number of hydrogen-bond donors (Lipinski definition) is 1. The van der Waals surface area contributed by atoms with Crippen LogP contribution in [0.25, 0.3) is 88.7 Å². The molecule has 0 aliphatic rings. The van der Waals surface area contributed by atoms with Crippen LogP contribution in [0.2, 0.25) is 0 Å². The van der Waals surface area contributed by atoms with Crippen LogP contribution in [0.5, 0.6) is 0 Å². The molecule has 6 heteroatoms. The van der Waals surface area contributed by atoms with E-state index in [1.807, 2.05) is 60.7 Å². The molecule has 3 aromatic heterocycles. The van der Waals surface area contributed by atoms with Crippen LogP contribution in [0.3, 0.4) is 0 Å². The van der Waals surface area contributed by atoms with E-state index in [0.717, 1.165) is 99.2 Å². The zero-order valence-electron chi connectivity index (χ0n) is 30.2. The van der Waals surface area contributed by atoms with Gasteiger partial charge < -0.3 is 18.2 Å². The second kappa shape index (κ2) is 12.8. The minimum atomic E-state index is 0.591. The molecular weight excluding hydrogens is 709 g/mol. The van der Waals surface area contributed by atoms with Crippen LogP contribution >= 0.6 is 12.6 Å². The molecule has 0 aliphatic heterocycles. The van der Waals surface area contributed by atoms with Crippen molar-refractivity contribution in [3.05, 3.63) is 175 Å². The molecule has 3 heterocycles. The molecule has 0 radical (unpaired) electrons. The molecule has 5 nitrogen and oxygen atoms in total. The molecular formula is C50H32N2O3S. The summed E-state index contributed by atoms with van der Waals surface area (Å²) in [4.78, 5) is 7.96. The summed E-state index contributed by atoms with van der Waals surface area (Å²) >= 11 is 5.03. The zero-order valence-corrected chi connectivity index (χ0v) is 31.1. The first-order valence-electron chi connectivity index (χ1n) is 18.6. The predicted molar refractivity (Wildman–Crippen MR) is 232 cm³/mol. The highest BCUT2D eigenvalue weighted by Crippen LogP contribution is 2.44. The highest BCUT2D eigenvalue weighted by atomic mass is 32.1. The Hall–Kier alpha value is -7.02.